The van der Waals surface area contributed by atoms with Gasteiger partial charge in [-0.15, -0.1) is 0 Å². The molecule has 1 aliphatic heterocycles. The lowest BCUT2D eigenvalue weighted by atomic mass is 10.1. The van der Waals surface area contributed by atoms with Crippen molar-refractivity contribution in [1.29, 1.82) is 0 Å². The highest BCUT2D eigenvalue weighted by molar-refractivity contribution is 7.92. The fraction of sp³-hybridized carbons (Fsp3) is 0.219. The van der Waals surface area contributed by atoms with Crippen molar-refractivity contribution in [3.63, 3.8) is 0 Å². The van der Waals surface area contributed by atoms with Gasteiger partial charge in [-0.05, 0) is 78.7 Å². The molecule has 212 valence electrons. The van der Waals surface area contributed by atoms with Crippen LogP contribution in [0.1, 0.15) is 21.5 Å². The number of carbonyl (C=O) groups excluding carboxylic acids is 1. The average Bonchev–Trinajstić information content (AvgIpc) is 3.01. The predicted molar refractivity (Wildman–Crippen MR) is 164 cm³/mol. The van der Waals surface area contributed by atoms with Crippen molar-refractivity contribution in [3.8, 4) is 5.75 Å². The number of rotatable bonds is 8. The number of methoxy groups -OCH3 is 1. The summed E-state index contributed by atoms with van der Waals surface area (Å²) in [7, 11) is -2.23. The molecule has 41 heavy (non-hydrogen) atoms. The van der Waals surface area contributed by atoms with Crippen LogP contribution >= 0.6 is 11.6 Å². The molecule has 0 spiro atoms. The first-order valence-corrected chi connectivity index (χ1v) is 15.2. The molecule has 0 saturated carbocycles. The van der Waals surface area contributed by atoms with Gasteiger partial charge in [0.05, 0.1) is 24.2 Å². The van der Waals surface area contributed by atoms with Crippen molar-refractivity contribution < 1.29 is 17.9 Å². The summed E-state index contributed by atoms with van der Waals surface area (Å²) in [6.07, 6.45) is 0. The summed E-state index contributed by atoms with van der Waals surface area (Å²) >= 11 is 6.27. The van der Waals surface area contributed by atoms with E-state index in [9.17, 15) is 13.2 Å². The van der Waals surface area contributed by atoms with E-state index in [4.69, 9.17) is 16.3 Å². The van der Waals surface area contributed by atoms with E-state index in [1.54, 1.807) is 67.8 Å². The summed E-state index contributed by atoms with van der Waals surface area (Å²) in [5, 5.41) is 0.451. The number of amides is 1. The van der Waals surface area contributed by atoms with Gasteiger partial charge in [0.2, 0.25) is 0 Å². The normalized spacial score (nSPS) is 13.6. The average molecular weight is 590 g/mol. The monoisotopic (exact) mass is 589 g/mol. The van der Waals surface area contributed by atoms with Crippen LogP contribution in [0, 0.1) is 6.92 Å². The van der Waals surface area contributed by atoms with Crippen molar-refractivity contribution in [2.24, 2.45) is 0 Å². The number of halogens is 1. The Hall–Kier alpha value is -4.01. The van der Waals surface area contributed by atoms with Crippen LogP contribution in [0.25, 0.3) is 0 Å². The molecule has 0 aliphatic carbocycles. The van der Waals surface area contributed by atoms with Crippen molar-refractivity contribution >= 4 is 38.9 Å². The lowest BCUT2D eigenvalue weighted by Crippen LogP contribution is -2.48. The number of hydrogen-bond donors (Lipinski definition) is 0. The quantitative estimate of drug-likeness (QED) is 0.252. The van der Waals surface area contributed by atoms with E-state index in [2.05, 4.69) is 4.90 Å². The topological polar surface area (TPSA) is 70.2 Å². The maximum absolute atomic E-state index is 13.8. The van der Waals surface area contributed by atoms with E-state index in [1.807, 2.05) is 48.2 Å². The summed E-state index contributed by atoms with van der Waals surface area (Å²) in [5.74, 6) is 0.778. The minimum Gasteiger partial charge on any atom is -0.497 e. The van der Waals surface area contributed by atoms with Crippen molar-refractivity contribution in [1.82, 2.24) is 4.90 Å². The predicted octanol–water partition coefficient (Wildman–Crippen LogP) is 6.01. The van der Waals surface area contributed by atoms with E-state index < -0.39 is 10.0 Å². The van der Waals surface area contributed by atoms with Crippen LogP contribution in [0.15, 0.2) is 102 Å². The number of piperazine rings is 1. The zero-order valence-corrected chi connectivity index (χ0v) is 24.6. The van der Waals surface area contributed by atoms with Gasteiger partial charge < -0.3 is 14.5 Å². The fourth-order valence-electron chi connectivity index (χ4n) is 4.93. The molecule has 1 saturated heterocycles. The largest absolute Gasteiger partial charge is 0.497 e. The van der Waals surface area contributed by atoms with Crippen molar-refractivity contribution in [3.05, 3.63) is 119 Å². The number of ether oxygens (including phenoxy) is 1. The van der Waals surface area contributed by atoms with Gasteiger partial charge in [0.1, 0.15) is 5.75 Å². The van der Waals surface area contributed by atoms with E-state index >= 15 is 0 Å². The Balaban J connectivity index is 1.31. The van der Waals surface area contributed by atoms with Gasteiger partial charge in [0, 0.05) is 42.5 Å². The van der Waals surface area contributed by atoms with E-state index in [0.29, 0.717) is 29.4 Å². The molecule has 1 amide bonds. The zero-order valence-electron chi connectivity index (χ0n) is 23.0. The zero-order chi connectivity index (χ0) is 29.0. The molecule has 0 atom stereocenters. The summed E-state index contributed by atoms with van der Waals surface area (Å²) in [5.41, 5.74) is 3.73. The van der Waals surface area contributed by atoms with Gasteiger partial charge in [0.15, 0.2) is 0 Å². The number of nitrogens with zero attached hydrogens (tertiary/aromatic N) is 3. The van der Waals surface area contributed by atoms with E-state index in [-0.39, 0.29) is 17.3 Å². The molecule has 1 heterocycles. The highest BCUT2D eigenvalue weighted by Gasteiger charge is 2.27. The molecular weight excluding hydrogens is 558 g/mol. The van der Waals surface area contributed by atoms with Crippen molar-refractivity contribution in [2.75, 3.05) is 42.5 Å². The van der Waals surface area contributed by atoms with Gasteiger partial charge in [-0.2, -0.15) is 0 Å². The standard InChI is InChI=1S/C32H32ClN3O4S/c1-24-8-13-27(33)22-31(24)36(41(38,39)30-6-4-3-5-7-30)23-25-9-11-26(12-10-25)32(37)35-20-18-34(19-21-35)28-14-16-29(40-2)17-15-28/h3-17,22H,18-21,23H2,1-2H3. The molecule has 1 aliphatic rings. The molecule has 0 radical (unpaired) electrons. The van der Waals surface area contributed by atoms with Gasteiger partial charge >= 0.3 is 0 Å². The summed E-state index contributed by atoms with van der Waals surface area (Å²) in [4.78, 5) is 17.6. The van der Waals surface area contributed by atoms with Crippen LogP contribution in [0.5, 0.6) is 5.75 Å². The van der Waals surface area contributed by atoms with E-state index in [0.717, 1.165) is 35.7 Å². The SMILES string of the molecule is COc1ccc(N2CCN(C(=O)c3ccc(CN(c4cc(Cl)ccc4C)S(=O)(=O)c4ccccc4)cc3)CC2)cc1. The number of hydrogen-bond acceptors (Lipinski definition) is 5. The maximum atomic E-state index is 13.8. The van der Waals surface area contributed by atoms with Gasteiger partial charge in [-0.3, -0.25) is 9.10 Å². The molecule has 0 aromatic heterocycles. The second kappa shape index (κ2) is 12.2. The second-order valence-electron chi connectivity index (χ2n) is 9.93. The third kappa shape index (κ3) is 6.34. The number of sulfonamides is 1. The Kier molecular flexibility index (Phi) is 8.52. The van der Waals surface area contributed by atoms with Crippen LogP contribution in [-0.4, -0.2) is 52.5 Å². The van der Waals surface area contributed by atoms with Crippen LogP contribution in [0.4, 0.5) is 11.4 Å². The Bertz CT molecular complexity index is 1600. The summed E-state index contributed by atoms with van der Waals surface area (Å²) < 4.78 is 34.1. The minimum absolute atomic E-state index is 0.0367. The molecule has 9 heteroatoms. The second-order valence-corrected chi connectivity index (χ2v) is 12.2. The number of aryl methyl sites for hydroxylation is 1. The Morgan fingerprint density at radius 2 is 1.54 bits per heavy atom. The van der Waals surface area contributed by atoms with Gasteiger partial charge in [0.25, 0.3) is 15.9 Å². The molecule has 5 rings (SSSR count). The summed E-state index contributed by atoms with van der Waals surface area (Å²) in [6, 6.07) is 28.7. The Morgan fingerprint density at radius 1 is 0.878 bits per heavy atom. The smallest absolute Gasteiger partial charge is 0.264 e. The first-order chi connectivity index (χ1) is 19.8. The van der Waals surface area contributed by atoms with Gasteiger partial charge in [-0.25, -0.2) is 8.42 Å². The molecule has 4 aromatic carbocycles. The molecule has 0 unspecified atom stereocenters. The maximum Gasteiger partial charge on any atom is 0.264 e. The highest BCUT2D eigenvalue weighted by atomic mass is 35.5. The summed E-state index contributed by atoms with van der Waals surface area (Å²) in [6.45, 7) is 4.65. The molecule has 4 aromatic rings. The number of carbonyl (C=O) groups is 1. The van der Waals surface area contributed by atoms with E-state index in [1.165, 1.54) is 4.31 Å². The molecule has 0 N–H and O–H groups in total. The number of benzene rings is 4. The molecular formula is C32H32ClN3O4S. The Labute approximate surface area is 246 Å². The van der Waals surface area contributed by atoms with Crippen LogP contribution in [0.3, 0.4) is 0 Å². The van der Waals surface area contributed by atoms with Crippen LogP contribution in [-0.2, 0) is 16.6 Å². The molecule has 7 nitrogen and oxygen atoms in total. The molecule has 0 bridgehead atoms. The van der Waals surface area contributed by atoms with Crippen molar-refractivity contribution in [2.45, 2.75) is 18.4 Å². The van der Waals surface area contributed by atoms with Crippen LogP contribution < -0.4 is 13.9 Å². The third-order valence-electron chi connectivity index (χ3n) is 7.30. The first kappa shape index (κ1) is 28.5. The van der Waals surface area contributed by atoms with Gasteiger partial charge in [-0.1, -0.05) is 48.0 Å². The first-order valence-electron chi connectivity index (χ1n) is 13.4. The van der Waals surface area contributed by atoms with Crippen LogP contribution in [0.2, 0.25) is 5.02 Å². The third-order valence-corrected chi connectivity index (χ3v) is 9.31. The fourth-order valence-corrected chi connectivity index (χ4v) is 6.63. The lowest BCUT2D eigenvalue weighted by molar-refractivity contribution is 0.0746. The Morgan fingerprint density at radius 3 is 2.17 bits per heavy atom. The lowest BCUT2D eigenvalue weighted by Gasteiger charge is -2.36. The minimum atomic E-state index is -3.88. The highest BCUT2D eigenvalue weighted by Crippen LogP contribution is 2.31. The molecule has 1 fully saturated rings. The number of anilines is 2.